The van der Waals surface area contributed by atoms with Crippen LogP contribution in [0.1, 0.15) is 95.4 Å². The Morgan fingerprint density at radius 1 is 0.541 bits per heavy atom. The molecular formula is C31H58O6. The molecule has 0 bridgehead atoms. The fourth-order valence-electron chi connectivity index (χ4n) is 7.23. The van der Waals surface area contributed by atoms with Crippen LogP contribution in [0.2, 0.25) is 0 Å². The van der Waals surface area contributed by atoms with Gasteiger partial charge in [0.25, 0.3) is 0 Å². The minimum atomic E-state index is -0.300. The summed E-state index contributed by atoms with van der Waals surface area (Å²) in [4.78, 5) is 0. The summed E-state index contributed by atoms with van der Waals surface area (Å²) in [5.74, 6) is 2.29. The smallest absolute Gasteiger partial charge is 0.163 e. The van der Waals surface area contributed by atoms with Crippen LogP contribution in [0.15, 0.2) is 0 Å². The van der Waals surface area contributed by atoms with Gasteiger partial charge in [-0.2, -0.15) is 0 Å². The van der Waals surface area contributed by atoms with Gasteiger partial charge < -0.3 is 28.4 Å². The normalized spacial score (nSPS) is 49.4. The fraction of sp³-hybridized carbons (Fsp3) is 1.00. The third-order valence-corrected chi connectivity index (χ3v) is 10.1. The third-order valence-electron chi connectivity index (χ3n) is 10.1. The lowest BCUT2D eigenvalue weighted by atomic mass is 9.77. The van der Waals surface area contributed by atoms with Crippen LogP contribution in [-0.2, 0) is 28.4 Å². The highest BCUT2D eigenvalue weighted by molar-refractivity contribution is 4.93. The monoisotopic (exact) mass is 526 g/mol. The Morgan fingerprint density at radius 3 is 1.49 bits per heavy atom. The van der Waals surface area contributed by atoms with Crippen molar-refractivity contribution in [2.45, 2.75) is 151 Å². The summed E-state index contributed by atoms with van der Waals surface area (Å²) < 4.78 is 39.3. The maximum atomic E-state index is 6.85. The summed E-state index contributed by atoms with van der Waals surface area (Å²) in [5, 5.41) is 0. The molecule has 3 fully saturated rings. The summed E-state index contributed by atoms with van der Waals surface area (Å²) in [6.45, 7) is 24.7. The predicted octanol–water partition coefficient (Wildman–Crippen LogP) is 6.69. The largest absolute Gasteiger partial charge is 0.381 e. The van der Waals surface area contributed by atoms with E-state index in [1.165, 1.54) is 0 Å². The molecule has 0 N–H and O–H groups in total. The molecule has 3 saturated heterocycles. The molecule has 0 aliphatic carbocycles. The van der Waals surface area contributed by atoms with Crippen molar-refractivity contribution in [2.24, 2.45) is 41.4 Å². The number of hydrogen-bond donors (Lipinski definition) is 0. The molecule has 218 valence electrons. The average Bonchev–Trinajstić information content (AvgIpc) is 2.87. The van der Waals surface area contributed by atoms with Gasteiger partial charge in [-0.15, -0.1) is 0 Å². The van der Waals surface area contributed by atoms with Gasteiger partial charge in [0.05, 0.1) is 42.7 Å². The third kappa shape index (κ3) is 6.41. The summed E-state index contributed by atoms with van der Waals surface area (Å²) >= 11 is 0. The Balaban J connectivity index is 1.73. The molecule has 0 amide bonds. The lowest BCUT2D eigenvalue weighted by Gasteiger charge is -2.51. The molecule has 6 unspecified atom stereocenters. The molecule has 0 radical (unpaired) electrons. The van der Waals surface area contributed by atoms with Crippen LogP contribution < -0.4 is 0 Å². The van der Waals surface area contributed by atoms with E-state index < -0.39 is 0 Å². The van der Waals surface area contributed by atoms with Crippen LogP contribution in [0.4, 0.5) is 0 Å². The standard InChI is InChI=1S/C31H58O6/c1-13-23-21(10)27(32-12)22(11)31(34-23)37-29-19(8)20(9)30(35-25(29)15-3)36-28-18(7)17(6)26(16(4)5)33-24(28)14-2/h16-31H,13-15H2,1-12H3/t17?,18-,19-,20?,21+,22?,23?,24?,25?,26+,27+,28+,29-,30+,31-/m1/s1. The van der Waals surface area contributed by atoms with Gasteiger partial charge in [-0.05, 0) is 42.9 Å². The maximum Gasteiger partial charge on any atom is 0.163 e. The van der Waals surface area contributed by atoms with E-state index in [2.05, 4.69) is 76.2 Å². The van der Waals surface area contributed by atoms with Crippen molar-refractivity contribution >= 4 is 0 Å². The molecule has 0 spiro atoms. The SMILES string of the molecule is CCC1O[C@@H](C(C)C)C(C)[C@@H](C)[C@@H]1O[C@@H]1OC(CC)[C@H](O[C@H]2OC(CC)[C@H](C)[C@H](OC)C2C)[C@H](C)C1C. The van der Waals surface area contributed by atoms with Crippen LogP contribution in [0, 0.1) is 41.4 Å². The molecule has 3 aliphatic rings. The summed E-state index contributed by atoms with van der Waals surface area (Å²) in [6, 6.07) is 0. The lowest BCUT2D eigenvalue weighted by molar-refractivity contribution is -0.343. The molecule has 3 heterocycles. The second-order valence-corrected chi connectivity index (χ2v) is 12.8. The van der Waals surface area contributed by atoms with E-state index in [1.807, 2.05) is 7.11 Å². The highest BCUT2D eigenvalue weighted by Crippen LogP contribution is 2.42. The van der Waals surface area contributed by atoms with Gasteiger partial charge in [-0.3, -0.25) is 0 Å². The van der Waals surface area contributed by atoms with Crippen LogP contribution in [-0.4, -0.2) is 62.4 Å². The Hall–Kier alpha value is -0.240. The molecule has 0 aromatic heterocycles. The molecule has 6 heteroatoms. The van der Waals surface area contributed by atoms with E-state index in [9.17, 15) is 0 Å². The summed E-state index contributed by atoms with van der Waals surface area (Å²) in [5.41, 5.74) is 0. The van der Waals surface area contributed by atoms with Crippen LogP contribution >= 0.6 is 0 Å². The maximum absolute atomic E-state index is 6.85. The molecule has 0 aromatic rings. The van der Waals surface area contributed by atoms with Crippen LogP contribution in [0.5, 0.6) is 0 Å². The highest BCUT2D eigenvalue weighted by Gasteiger charge is 2.50. The molecule has 0 saturated carbocycles. The first-order chi connectivity index (χ1) is 17.5. The summed E-state index contributed by atoms with van der Waals surface area (Å²) in [6.07, 6.45) is 2.73. The zero-order valence-electron chi connectivity index (χ0n) is 25.8. The Bertz CT molecular complexity index is 683. The van der Waals surface area contributed by atoms with Crippen LogP contribution in [0.3, 0.4) is 0 Å². The molecule has 3 rings (SSSR count). The van der Waals surface area contributed by atoms with Crippen molar-refractivity contribution in [1.29, 1.82) is 0 Å². The average molecular weight is 527 g/mol. The van der Waals surface area contributed by atoms with Gasteiger partial charge in [0.15, 0.2) is 12.6 Å². The molecule has 15 atom stereocenters. The van der Waals surface area contributed by atoms with E-state index in [0.717, 1.165) is 19.3 Å². The van der Waals surface area contributed by atoms with E-state index in [4.69, 9.17) is 28.4 Å². The van der Waals surface area contributed by atoms with Crippen molar-refractivity contribution in [3.8, 4) is 0 Å². The first-order valence-corrected chi connectivity index (χ1v) is 15.3. The topological polar surface area (TPSA) is 55.4 Å². The van der Waals surface area contributed by atoms with E-state index >= 15 is 0 Å². The minimum Gasteiger partial charge on any atom is -0.381 e. The quantitative estimate of drug-likeness (QED) is 0.334. The van der Waals surface area contributed by atoms with Crippen molar-refractivity contribution in [3.05, 3.63) is 0 Å². The summed E-state index contributed by atoms with van der Waals surface area (Å²) in [7, 11) is 1.81. The molecule has 37 heavy (non-hydrogen) atoms. The molecule has 3 aliphatic heterocycles. The number of ether oxygens (including phenoxy) is 6. The van der Waals surface area contributed by atoms with Crippen LogP contribution in [0.25, 0.3) is 0 Å². The number of methoxy groups -OCH3 is 1. The highest BCUT2D eigenvalue weighted by atomic mass is 16.7. The van der Waals surface area contributed by atoms with Crippen molar-refractivity contribution in [2.75, 3.05) is 7.11 Å². The Morgan fingerprint density at radius 2 is 1.00 bits per heavy atom. The van der Waals surface area contributed by atoms with Gasteiger partial charge in [0.2, 0.25) is 0 Å². The van der Waals surface area contributed by atoms with Crippen molar-refractivity contribution in [3.63, 3.8) is 0 Å². The zero-order valence-corrected chi connectivity index (χ0v) is 25.8. The van der Waals surface area contributed by atoms with Gasteiger partial charge in [0, 0.05) is 24.9 Å². The first-order valence-electron chi connectivity index (χ1n) is 15.3. The minimum absolute atomic E-state index is 0.0283. The van der Waals surface area contributed by atoms with Gasteiger partial charge in [-0.1, -0.05) is 76.2 Å². The van der Waals surface area contributed by atoms with E-state index in [0.29, 0.717) is 23.7 Å². The molecule has 0 aromatic carbocycles. The first kappa shape index (κ1) is 31.3. The predicted molar refractivity (Wildman–Crippen MR) is 147 cm³/mol. The Labute approximate surface area is 227 Å². The van der Waals surface area contributed by atoms with E-state index in [-0.39, 0.29) is 73.1 Å². The molecular weight excluding hydrogens is 468 g/mol. The molecule has 6 nitrogen and oxygen atoms in total. The van der Waals surface area contributed by atoms with Gasteiger partial charge in [0.1, 0.15) is 0 Å². The van der Waals surface area contributed by atoms with E-state index in [1.54, 1.807) is 0 Å². The second kappa shape index (κ2) is 13.4. The van der Waals surface area contributed by atoms with Gasteiger partial charge in [-0.25, -0.2) is 0 Å². The second-order valence-electron chi connectivity index (χ2n) is 12.8. The van der Waals surface area contributed by atoms with Gasteiger partial charge >= 0.3 is 0 Å². The lowest BCUT2D eigenvalue weighted by Crippen LogP contribution is -2.58. The van der Waals surface area contributed by atoms with Crippen molar-refractivity contribution in [1.82, 2.24) is 0 Å². The Kier molecular flexibility index (Phi) is 11.3. The zero-order chi connectivity index (χ0) is 27.6. The number of rotatable bonds is 9. The fourth-order valence-corrected chi connectivity index (χ4v) is 7.23. The number of hydrogen-bond acceptors (Lipinski definition) is 6. The van der Waals surface area contributed by atoms with Crippen molar-refractivity contribution < 1.29 is 28.4 Å².